The molecule has 1 unspecified atom stereocenters. The summed E-state index contributed by atoms with van der Waals surface area (Å²) in [7, 11) is 1.55. The number of amides is 1. The molecule has 0 radical (unpaired) electrons. The third-order valence-corrected chi connectivity index (χ3v) is 3.08. The first-order valence-electron chi connectivity index (χ1n) is 6.23. The van der Waals surface area contributed by atoms with E-state index in [1.54, 1.807) is 7.11 Å². The second-order valence-electron chi connectivity index (χ2n) is 4.34. The number of carbonyl (C=O) groups excluding carboxylic acids is 1. The highest BCUT2D eigenvalue weighted by Gasteiger charge is 2.18. The van der Waals surface area contributed by atoms with E-state index in [2.05, 4.69) is 5.32 Å². The van der Waals surface area contributed by atoms with Gasteiger partial charge in [0.05, 0.1) is 28.2 Å². The van der Waals surface area contributed by atoms with Gasteiger partial charge in [0.1, 0.15) is 0 Å². The van der Waals surface area contributed by atoms with Crippen LogP contribution in [0.2, 0.25) is 5.02 Å². The first kappa shape index (κ1) is 16.4. The van der Waals surface area contributed by atoms with Crippen molar-refractivity contribution in [2.75, 3.05) is 13.7 Å². The largest absolute Gasteiger partial charge is 0.383 e. The lowest BCUT2D eigenvalue weighted by Gasteiger charge is -2.17. The van der Waals surface area contributed by atoms with Crippen molar-refractivity contribution in [2.24, 2.45) is 0 Å². The number of nitrogens with one attached hydrogen (secondary N) is 1. The number of nitrogens with zero attached hydrogens (tertiary/aromatic N) is 1. The van der Waals surface area contributed by atoms with Gasteiger partial charge in [0, 0.05) is 19.2 Å². The van der Waals surface area contributed by atoms with Gasteiger partial charge in [-0.05, 0) is 12.5 Å². The Morgan fingerprint density at radius 1 is 1.55 bits per heavy atom. The average Bonchev–Trinajstić information content (AvgIpc) is 2.39. The molecular weight excluding hydrogens is 284 g/mol. The lowest BCUT2D eigenvalue weighted by molar-refractivity contribution is -0.384. The molecule has 0 fully saturated rings. The minimum atomic E-state index is -0.564. The highest BCUT2D eigenvalue weighted by atomic mass is 35.5. The van der Waals surface area contributed by atoms with Gasteiger partial charge in [-0.25, -0.2) is 0 Å². The number of nitro groups is 1. The van der Waals surface area contributed by atoms with Crippen LogP contribution in [0.3, 0.4) is 0 Å². The first-order chi connectivity index (χ1) is 9.49. The molecule has 20 heavy (non-hydrogen) atoms. The van der Waals surface area contributed by atoms with Gasteiger partial charge in [-0.2, -0.15) is 0 Å². The van der Waals surface area contributed by atoms with Crippen LogP contribution in [0.4, 0.5) is 5.69 Å². The van der Waals surface area contributed by atoms with Crippen LogP contribution in [0.15, 0.2) is 18.2 Å². The van der Waals surface area contributed by atoms with Crippen molar-refractivity contribution < 1.29 is 14.5 Å². The predicted molar refractivity (Wildman–Crippen MR) is 76.1 cm³/mol. The summed E-state index contributed by atoms with van der Waals surface area (Å²) >= 11 is 5.92. The van der Waals surface area contributed by atoms with Crippen LogP contribution in [0, 0.1) is 10.1 Å². The van der Waals surface area contributed by atoms with Crippen molar-refractivity contribution in [3.8, 4) is 0 Å². The number of ether oxygens (including phenoxy) is 1. The predicted octanol–water partition coefficient (Wildman–Crippen LogP) is 2.79. The van der Waals surface area contributed by atoms with E-state index in [1.165, 1.54) is 18.2 Å². The first-order valence-corrected chi connectivity index (χ1v) is 6.61. The third-order valence-electron chi connectivity index (χ3n) is 2.75. The molecule has 0 aliphatic heterocycles. The Kier molecular flexibility index (Phi) is 6.41. The minimum Gasteiger partial charge on any atom is -0.383 e. The summed E-state index contributed by atoms with van der Waals surface area (Å²) in [5.74, 6) is -0.436. The van der Waals surface area contributed by atoms with Crippen molar-refractivity contribution >= 4 is 23.2 Å². The maximum atomic E-state index is 12.1. The number of hydrogen-bond acceptors (Lipinski definition) is 4. The highest BCUT2D eigenvalue weighted by Crippen LogP contribution is 2.22. The quantitative estimate of drug-likeness (QED) is 0.620. The van der Waals surface area contributed by atoms with Crippen LogP contribution < -0.4 is 5.32 Å². The van der Waals surface area contributed by atoms with Gasteiger partial charge in [0.25, 0.3) is 11.6 Å². The number of methoxy groups -OCH3 is 1. The zero-order valence-corrected chi connectivity index (χ0v) is 12.1. The van der Waals surface area contributed by atoms with E-state index in [4.69, 9.17) is 16.3 Å². The molecule has 7 heteroatoms. The molecular formula is C13H17ClN2O4. The normalized spacial score (nSPS) is 11.9. The molecule has 1 atom stereocenters. The molecule has 6 nitrogen and oxygen atoms in total. The molecule has 0 bridgehead atoms. The van der Waals surface area contributed by atoms with E-state index >= 15 is 0 Å². The Morgan fingerprint density at radius 3 is 2.80 bits per heavy atom. The molecule has 1 amide bonds. The van der Waals surface area contributed by atoms with Crippen molar-refractivity contribution in [3.63, 3.8) is 0 Å². The Hall–Kier alpha value is -1.66. The zero-order chi connectivity index (χ0) is 15.1. The summed E-state index contributed by atoms with van der Waals surface area (Å²) in [6.07, 6.45) is 1.64. The molecule has 1 aromatic carbocycles. The molecule has 1 aromatic rings. The molecule has 0 aliphatic rings. The van der Waals surface area contributed by atoms with Gasteiger partial charge in [0.15, 0.2) is 0 Å². The van der Waals surface area contributed by atoms with E-state index in [9.17, 15) is 14.9 Å². The fraction of sp³-hybridized carbons (Fsp3) is 0.462. The lowest BCUT2D eigenvalue weighted by atomic mass is 10.1. The topological polar surface area (TPSA) is 81.5 Å². The second kappa shape index (κ2) is 7.81. The number of nitro benzene ring substituents is 1. The number of benzene rings is 1. The molecule has 0 saturated carbocycles. The number of carbonyl (C=O) groups is 1. The SMILES string of the molecule is CCCC(COC)NC(=O)c1cc([N+](=O)[O-])ccc1Cl. The molecule has 0 heterocycles. The Labute approximate surface area is 122 Å². The molecule has 1 N–H and O–H groups in total. The standard InChI is InChI=1S/C13H17ClN2O4/c1-3-4-9(8-20-2)15-13(17)11-7-10(16(18)19)5-6-12(11)14/h5-7,9H,3-4,8H2,1-2H3,(H,15,17). The number of rotatable bonds is 7. The molecule has 1 rings (SSSR count). The number of hydrogen-bond donors (Lipinski definition) is 1. The van der Waals surface area contributed by atoms with Crippen LogP contribution in [-0.4, -0.2) is 30.6 Å². The summed E-state index contributed by atoms with van der Waals surface area (Å²) in [6, 6.07) is 3.64. The third kappa shape index (κ3) is 4.47. The second-order valence-corrected chi connectivity index (χ2v) is 4.74. The molecule has 0 spiro atoms. The highest BCUT2D eigenvalue weighted by molar-refractivity contribution is 6.33. The van der Waals surface area contributed by atoms with Gasteiger partial charge in [-0.1, -0.05) is 24.9 Å². The fourth-order valence-electron chi connectivity index (χ4n) is 1.81. The van der Waals surface area contributed by atoms with Crippen molar-refractivity contribution in [3.05, 3.63) is 38.9 Å². The number of non-ortho nitro benzene ring substituents is 1. The van der Waals surface area contributed by atoms with Gasteiger partial charge in [0.2, 0.25) is 0 Å². The van der Waals surface area contributed by atoms with E-state index in [0.717, 1.165) is 12.8 Å². The summed E-state index contributed by atoms with van der Waals surface area (Å²) in [5, 5.41) is 13.7. The zero-order valence-electron chi connectivity index (χ0n) is 11.4. The maximum Gasteiger partial charge on any atom is 0.270 e. The van der Waals surface area contributed by atoms with Crippen molar-refractivity contribution in [1.29, 1.82) is 0 Å². The molecule has 0 aromatic heterocycles. The minimum absolute atomic E-state index is 0.0954. The lowest BCUT2D eigenvalue weighted by Crippen LogP contribution is -2.38. The van der Waals surface area contributed by atoms with E-state index in [0.29, 0.717) is 6.61 Å². The van der Waals surface area contributed by atoms with E-state index in [1.807, 2.05) is 6.92 Å². The monoisotopic (exact) mass is 300 g/mol. The average molecular weight is 301 g/mol. The summed E-state index contributed by atoms with van der Waals surface area (Å²) in [6.45, 7) is 2.38. The van der Waals surface area contributed by atoms with E-state index in [-0.39, 0.29) is 22.3 Å². The van der Waals surface area contributed by atoms with Crippen molar-refractivity contribution in [2.45, 2.75) is 25.8 Å². The van der Waals surface area contributed by atoms with Crippen molar-refractivity contribution in [1.82, 2.24) is 5.32 Å². The Balaban J connectivity index is 2.90. The maximum absolute atomic E-state index is 12.1. The van der Waals surface area contributed by atoms with Gasteiger partial charge >= 0.3 is 0 Å². The van der Waals surface area contributed by atoms with Crippen LogP contribution in [0.25, 0.3) is 0 Å². The summed E-state index contributed by atoms with van der Waals surface area (Å²) in [4.78, 5) is 22.3. The smallest absolute Gasteiger partial charge is 0.270 e. The van der Waals surface area contributed by atoms with Crippen LogP contribution in [0.1, 0.15) is 30.1 Å². The van der Waals surface area contributed by atoms with Gasteiger partial charge < -0.3 is 10.1 Å². The summed E-state index contributed by atoms with van der Waals surface area (Å²) < 4.78 is 5.03. The molecule has 0 aliphatic carbocycles. The van der Waals surface area contributed by atoms with E-state index < -0.39 is 10.8 Å². The van der Waals surface area contributed by atoms with Crippen LogP contribution in [-0.2, 0) is 4.74 Å². The Bertz CT molecular complexity index is 487. The summed E-state index contributed by atoms with van der Waals surface area (Å²) in [5.41, 5.74) is -0.0728. The van der Waals surface area contributed by atoms with Crippen LogP contribution in [0.5, 0.6) is 0 Å². The van der Waals surface area contributed by atoms with Crippen LogP contribution >= 0.6 is 11.6 Å². The Morgan fingerprint density at radius 2 is 2.25 bits per heavy atom. The molecule has 110 valence electrons. The van der Waals surface area contributed by atoms with Gasteiger partial charge in [-0.15, -0.1) is 0 Å². The number of halogens is 1. The van der Waals surface area contributed by atoms with Gasteiger partial charge in [-0.3, -0.25) is 14.9 Å². The fourth-order valence-corrected chi connectivity index (χ4v) is 2.01. The molecule has 0 saturated heterocycles.